The Kier molecular flexibility index (Phi) is 5.66. The molecule has 4 heteroatoms. The van der Waals surface area contributed by atoms with Gasteiger partial charge in [-0.15, -0.1) is 0 Å². The van der Waals surface area contributed by atoms with Crippen molar-refractivity contribution in [2.75, 3.05) is 11.9 Å². The van der Waals surface area contributed by atoms with Gasteiger partial charge in [-0.2, -0.15) is 0 Å². The topological polar surface area (TPSA) is 75.4 Å². The number of rotatable bonds is 6. The van der Waals surface area contributed by atoms with Crippen molar-refractivity contribution in [3.8, 4) is 0 Å². The van der Waals surface area contributed by atoms with E-state index in [0.29, 0.717) is 6.54 Å². The highest BCUT2D eigenvalue weighted by molar-refractivity contribution is 5.92. The standard InChI is InChI=1S/C13H20N2O2/c1-10(3-2-8-14)13(17)15-12-6-4-11(9-16)5-7-12/h4-7,10,16H,2-3,8-9,14H2,1H3,(H,15,17)/t10-/m0/s1. The third kappa shape index (κ3) is 4.54. The smallest absolute Gasteiger partial charge is 0.227 e. The number of aliphatic hydroxyl groups excluding tert-OH is 1. The molecule has 0 heterocycles. The van der Waals surface area contributed by atoms with Gasteiger partial charge in [0.15, 0.2) is 0 Å². The van der Waals surface area contributed by atoms with Gasteiger partial charge < -0.3 is 16.2 Å². The number of benzene rings is 1. The summed E-state index contributed by atoms with van der Waals surface area (Å²) in [4.78, 5) is 11.8. The maximum Gasteiger partial charge on any atom is 0.227 e. The highest BCUT2D eigenvalue weighted by Crippen LogP contribution is 2.13. The van der Waals surface area contributed by atoms with Crippen molar-refractivity contribution >= 4 is 11.6 Å². The van der Waals surface area contributed by atoms with Crippen molar-refractivity contribution in [3.05, 3.63) is 29.8 Å². The first-order chi connectivity index (χ1) is 8.17. The van der Waals surface area contributed by atoms with Crippen LogP contribution in [0.2, 0.25) is 0 Å². The van der Waals surface area contributed by atoms with Crippen LogP contribution in [0.1, 0.15) is 25.3 Å². The number of amides is 1. The number of hydrogen-bond donors (Lipinski definition) is 3. The summed E-state index contributed by atoms with van der Waals surface area (Å²) < 4.78 is 0. The van der Waals surface area contributed by atoms with Gasteiger partial charge in [0, 0.05) is 11.6 Å². The number of hydrogen-bond acceptors (Lipinski definition) is 3. The first-order valence-corrected chi connectivity index (χ1v) is 5.88. The normalized spacial score (nSPS) is 12.2. The molecule has 0 bridgehead atoms. The molecule has 1 rings (SSSR count). The summed E-state index contributed by atoms with van der Waals surface area (Å²) in [5.41, 5.74) is 6.99. The Hall–Kier alpha value is -1.39. The summed E-state index contributed by atoms with van der Waals surface area (Å²) in [6.45, 7) is 2.52. The van der Waals surface area contributed by atoms with Gasteiger partial charge in [-0.25, -0.2) is 0 Å². The fourth-order valence-electron chi connectivity index (χ4n) is 1.51. The SMILES string of the molecule is C[C@@H](CCCN)C(=O)Nc1ccc(CO)cc1. The third-order valence-electron chi connectivity index (χ3n) is 2.69. The Morgan fingerprint density at radius 2 is 2.06 bits per heavy atom. The monoisotopic (exact) mass is 236 g/mol. The van der Waals surface area contributed by atoms with Crippen molar-refractivity contribution in [2.24, 2.45) is 11.7 Å². The van der Waals surface area contributed by atoms with Crippen LogP contribution in [0.15, 0.2) is 24.3 Å². The average molecular weight is 236 g/mol. The summed E-state index contributed by atoms with van der Waals surface area (Å²) in [5, 5.41) is 11.7. The van der Waals surface area contributed by atoms with Crippen LogP contribution in [0, 0.1) is 5.92 Å². The van der Waals surface area contributed by atoms with E-state index in [2.05, 4.69) is 5.32 Å². The lowest BCUT2D eigenvalue weighted by molar-refractivity contribution is -0.119. The lowest BCUT2D eigenvalue weighted by Crippen LogP contribution is -2.21. The quantitative estimate of drug-likeness (QED) is 0.700. The van der Waals surface area contributed by atoms with E-state index in [0.717, 1.165) is 24.1 Å². The Morgan fingerprint density at radius 1 is 1.41 bits per heavy atom. The van der Waals surface area contributed by atoms with Crippen molar-refractivity contribution in [2.45, 2.75) is 26.4 Å². The second-order valence-corrected chi connectivity index (χ2v) is 4.18. The molecule has 4 nitrogen and oxygen atoms in total. The van der Waals surface area contributed by atoms with E-state index in [4.69, 9.17) is 10.8 Å². The molecule has 1 atom stereocenters. The minimum atomic E-state index is -0.0314. The predicted octanol–water partition coefficient (Wildman–Crippen LogP) is 1.49. The first kappa shape index (κ1) is 13.7. The molecule has 1 amide bonds. The van der Waals surface area contributed by atoms with Gasteiger partial charge in [0.1, 0.15) is 0 Å². The first-order valence-electron chi connectivity index (χ1n) is 5.88. The van der Waals surface area contributed by atoms with E-state index in [1.165, 1.54) is 0 Å². The molecule has 1 aromatic rings. The molecule has 0 aliphatic carbocycles. The Balaban J connectivity index is 2.49. The lowest BCUT2D eigenvalue weighted by atomic mass is 10.0. The van der Waals surface area contributed by atoms with Gasteiger partial charge in [0.25, 0.3) is 0 Å². The van der Waals surface area contributed by atoms with E-state index in [9.17, 15) is 4.79 Å². The summed E-state index contributed by atoms with van der Waals surface area (Å²) in [6, 6.07) is 7.17. The number of aliphatic hydroxyl groups is 1. The average Bonchev–Trinajstić information content (AvgIpc) is 2.36. The summed E-state index contributed by atoms with van der Waals surface area (Å²) in [6.07, 6.45) is 1.66. The zero-order valence-corrected chi connectivity index (χ0v) is 10.1. The van der Waals surface area contributed by atoms with E-state index in [-0.39, 0.29) is 18.4 Å². The number of anilines is 1. The van der Waals surface area contributed by atoms with E-state index in [1.807, 2.05) is 6.92 Å². The zero-order chi connectivity index (χ0) is 12.7. The zero-order valence-electron chi connectivity index (χ0n) is 10.1. The predicted molar refractivity (Wildman–Crippen MR) is 68.4 cm³/mol. The van der Waals surface area contributed by atoms with Crippen LogP contribution >= 0.6 is 0 Å². The highest BCUT2D eigenvalue weighted by Gasteiger charge is 2.11. The van der Waals surface area contributed by atoms with Crippen LogP contribution in [0.4, 0.5) is 5.69 Å². The maximum absolute atomic E-state index is 11.8. The van der Waals surface area contributed by atoms with Crippen LogP contribution in [0.3, 0.4) is 0 Å². The Bertz CT molecular complexity index is 349. The van der Waals surface area contributed by atoms with Crippen LogP contribution in [-0.4, -0.2) is 17.6 Å². The van der Waals surface area contributed by atoms with Crippen molar-refractivity contribution in [1.29, 1.82) is 0 Å². The summed E-state index contributed by atoms with van der Waals surface area (Å²) in [5.74, 6) is -0.0220. The van der Waals surface area contributed by atoms with Crippen LogP contribution in [0.25, 0.3) is 0 Å². The maximum atomic E-state index is 11.8. The molecule has 0 aromatic heterocycles. The molecule has 0 saturated carbocycles. The summed E-state index contributed by atoms with van der Waals surface area (Å²) in [7, 11) is 0. The fraction of sp³-hybridized carbons (Fsp3) is 0.462. The minimum absolute atomic E-state index is 0.00944. The van der Waals surface area contributed by atoms with Crippen molar-refractivity contribution in [3.63, 3.8) is 0 Å². The number of carbonyl (C=O) groups excluding carboxylic acids is 1. The molecule has 17 heavy (non-hydrogen) atoms. The molecular weight excluding hydrogens is 216 g/mol. The fourth-order valence-corrected chi connectivity index (χ4v) is 1.51. The molecular formula is C13H20N2O2. The van der Waals surface area contributed by atoms with E-state index >= 15 is 0 Å². The molecule has 0 aliphatic rings. The van der Waals surface area contributed by atoms with Gasteiger partial charge in [0.05, 0.1) is 6.61 Å². The molecule has 0 aliphatic heterocycles. The van der Waals surface area contributed by atoms with Gasteiger partial charge >= 0.3 is 0 Å². The molecule has 94 valence electrons. The second-order valence-electron chi connectivity index (χ2n) is 4.18. The molecule has 4 N–H and O–H groups in total. The van der Waals surface area contributed by atoms with Crippen molar-refractivity contribution < 1.29 is 9.90 Å². The van der Waals surface area contributed by atoms with Gasteiger partial charge in [-0.1, -0.05) is 19.1 Å². The van der Waals surface area contributed by atoms with E-state index in [1.54, 1.807) is 24.3 Å². The van der Waals surface area contributed by atoms with Crippen LogP contribution in [-0.2, 0) is 11.4 Å². The van der Waals surface area contributed by atoms with Crippen LogP contribution in [0.5, 0.6) is 0 Å². The molecule has 1 aromatic carbocycles. The largest absolute Gasteiger partial charge is 0.392 e. The summed E-state index contributed by atoms with van der Waals surface area (Å²) >= 11 is 0. The molecule has 0 fully saturated rings. The van der Waals surface area contributed by atoms with Crippen LogP contribution < -0.4 is 11.1 Å². The number of nitrogens with two attached hydrogens (primary N) is 1. The van der Waals surface area contributed by atoms with Gasteiger partial charge in [-0.05, 0) is 37.1 Å². The number of nitrogens with one attached hydrogen (secondary N) is 1. The lowest BCUT2D eigenvalue weighted by Gasteiger charge is -2.11. The molecule has 0 saturated heterocycles. The second kappa shape index (κ2) is 7.04. The number of carbonyl (C=O) groups is 1. The van der Waals surface area contributed by atoms with E-state index < -0.39 is 0 Å². The molecule has 0 unspecified atom stereocenters. The van der Waals surface area contributed by atoms with Gasteiger partial charge in [-0.3, -0.25) is 4.79 Å². The third-order valence-corrected chi connectivity index (χ3v) is 2.69. The van der Waals surface area contributed by atoms with Crippen molar-refractivity contribution in [1.82, 2.24) is 0 Å². The minimum Gasteiger partial charge on any atom is -0.392 e. The Morgan fingerprint density at radius 3 is 2.59 bits per heavy atom. The molecule has 0 radical (unpaired) electrons. The van der Waals surface area contributed by atoms with Gasteiger partial charge in [0.2, 0.25) is 5.91 Å². The Labute approximate surface area is 102 Å². The molecule has 0 spiro atoms. The highest BCUT2D eigenvalue weighted by atomic mass is 16.3.